The highest BCUT2D eigenvalue weighted by Crippen LogP contribution is 2.29. The molecule has 0 bridgehead atoms. The van der Waals surface area contributed by atoms with Crippen molar-refractivity contribution < 1.29 is 18.4 Å². The topological polar surface area (TPSA) is 119 Å². The van der Waals surface area contributed by atoms with Crippen LogP contribution in [0.3, 0.4) is 0 Å². The van der Waals surface area contributed by atoms with Crippen LogP contribution in [0.1, 0.15) is 5.69 Å². The van der Waals surface area contributed by atoms with Crippen molar-refractivity contribution in [3.05, 3.63) is 24.1 Å². The third-order valence-electron chi connectivity index (χ3n) is 4.62. The summed E-state index contributed by atoms with van der Waals surface area (Å²) in [4.78, 5) is 33.2. The number of oxazole rings is 1. The second-order valence-corrected chi connectivity index (χ2v) is 6.30. The summed E-state index contributed by atoms with van der Waals surface area (Å²) in [6.07, 6.45) is 1.52. The Balaban J connectivity index is 1.39. The maximum atomic E-state index is 12.2. The Bertz CT molecular complexity index is 876. The highest BCUT2D eigenvalue weighted by molar-refractivity contribution is 5.96. The number of aromatic nitrogens is 1. The van der Waals surface area contributed by atoms with E-state index in [1.54, 1.807) is 12.1 Å². The molecule has 2 aromatic rings. The molecule has 1 N–H and O–H groups in total. The number of hydrogen-bond donors (Lipinski definition) is 1. The van der Waals surface area contributed by atoms with Crippen molar-refractivity contribution in [2.45, 2.75) is 0 Å². The molecule has 2 fully saturated rings. The first-order valence-corrected chi connectivity index (χ1v) is 8.66. The van der Waals surface area contributed by atoms with E-state index >= 15 is 0 Å². The summed E-state index contributed by atoms with van der Waals surface area (Å²) in [6, 6.07) is 5.17. The highest BCUT2D eigenvalue weighted by atomic mass is 16.4. The van der Waals surface area contributed by atoms with Crippen molar-refractivity contribution in [1.82, 2.24) is 20.1 Å². The fraction of sp³-hybridized carbons (Fsp3) is 0.412. The molecule has 2 saturated heterocycles. The summed E-state index contributed by atoms with van der Waals surface area (Å²) < 4.78 is 11.0. The van der Waals surface area contributed by atoms with E-state index in [-0.39, 0.29) is 30.1 Å². The van der Waals surface area contributed by atoms with Crippen LogP contribution in [0.2, 0.25) is 0 Å². The number of nitrogens with zero attached hydrogens (tertiary/aromatic N) is 5. The Hall–Kier alpha value is -3.32. The minimum absolute atomic E-state index is 0.195. The number of anilines is 1. The van der Waals surface area contributed by atoms with E-state index in [9.17, 15) is 14.9 Å². The zero-order valence-corrected chi connectivity index (χ0v) is 14.6. The molecule has 2 aromatic heterocycles. The Morgan fingerprint density at radius 2 is 2.11 bits per heavy atom. The SMILES string of the molecule is N#Cc1nc(-c2ccco2)oc1N1CCN(CC(=O)N2CCNC2=O)CC1. The van der Waals surface area contributed by atoms with Gasteiger partial charge in [-0.3, -0.25) is 14.6 Å². The van der Waals surface area contributed by atoms with Crippen molar-refractivity contribution in [2.75, 3.05) is 50.7 Å². The van der Waals surface area contributed by atoms with E-state index in [0.29, 0.717) is 50.9 Å². The number of nitrogens with one attached hydrogen (secondary N) is 1. The van der Waals surface area contributed by atoms with E-state index in [1.165, 1.54) is 11.2 Å². The van der Waals surface area contributed by atoms with E-state index in [2.05, 4.69) is 16.4 Å². The lowest BCUT2D eigenvalue weighted by Crippen LogP contribution is -2.50. The molecule has 0 aromatic carbocycles. The number of amides is 3. The van der Waals surface area contributed by atoms with E-state index in [0.717, 1.165) is 0 Å². The Kier molecular flexibility index (Phi) is 4.52. The first kappa shape index (κ1) is 17.1. The van der Waals surface area contributed by atoms with Gasteiger partial charge in [0.25, 0.3) is 5.89 Å². The molecular weight excluding hydrogens is 352 g/mol. The van der Waals surface area contributed by atoms with Gasteiger partial charge < -0.3 is 19.1 Å². The number of carbonyl (C=O) groups excluding carboxylic acids is 2. The fourth-order valence-electron chi connectivity index (χ4n) is 3.20. The highest BCUT2D eigenvalue weighted by Gasteiger charge is 2.30. The number of furan rings is 1. The lowest BCUT2D eigenvalue weighted by molar-refractivity contribution is -0.128. The van der Waals surface area contributed by atoms with Crippen molar-refractivity contribution in [2.24, 2.45) is 0 Å². The molecule has 2 aliphatic rings. The molecule has 0 saturated carbocycles. The zero-order valence-electron chi connectivity index (χ0n) is 14.6. The molecule has 0 atom stereocenters. The zero-order chi connectivity index (χ0) is 18.8. The van der Waals surface area contributed by atoms with E-state index in [1.807, 2.05) is 9.80 Å². The monoisotopic (exact) mass is 370 g/mol. The third-order valence-corrected chi connectivity index (χ3v) is 4.62. The van der Waals surface area contributed by atoms with Gasteiger partial charge in [0.15, 0.2) is 5.76 Å². The molecule has 2 aliphatic heterocycles. The van der Waals surface area contributed by atoms with Crippen molar-refractivity contribution in [3.8, 4) is 17.7 Å². The van der Waals surface area contributed by atoms with E-state index < -0.39 is 0 Å². The van der Waals surface area contributed by atoms with Gasteiger partial charge in [0, 0.05) is 39.3 Å². The second kappa shape index (κ2) is 7.13. The lowest BCUT2D eigenvalue weighted by Gasteiger charge is -2.34. The summed E-state index contributed by atoms with van der Waals surface area (Å²) in [7, 11) is 0. The molecule has 0 spiro atoms. The third kappa shape index (κ3) is 3.37. The van der Waals surface area contributed by atoms with Gasteiger partial charge in [-0.1, -0.05) is 0 Å². The Labute approximate surface area is 154 Å². The normalized spacial score (nSPS) is 17.8. The standard InChI is InChI=1S/C17H18N6O4/c18-10-12-16(27-15(20-12)13-2-1-9-26-13)22-7-5-21(6-8-22)11-14(24)23-4-3-19-17(23)25/h1-2,9H,3-8,11H2,(H,19,25). The molecule has 0 unspecified atom stereocenters. The average Bonchev–Trinajstić information content (AvgIpc) is 3.42. The number of imide groups is 1. The largest absolute Gasteiger partial charge is 0.459 e. The maximum Gasteiger partial charge on any atom is 0.324 e. The van der Waals surface area contributed by atoms with Gasteiger partial charge in [-0.2, -0.15) is 10.2 Å². The average molecular weight is 370 g/mol. The van der Waals surface area contributed by atoms with Crippen LogP contribution in [0, 0.1) is 11.3 Å². The van der Waals surface area contributed by atoms with Crippen LogP contribution >= 0.6 is 0 Å². The predicted octanol–water partition coefficient (Wildman–Crippen LogP) is 0.480. The van der Waals surface area contributed by atoms with Crippen LogP contribution in [-0.2, 0) is 4.79 Å². The first-order valence-electron chi connectivity index (χ1n) is 8.66. The van der Waals surface area contributed by atoms with Gasteiger partial charge >= 0.3 is 6.03 Å². The van der Waals surface area contributed by atoms with Gasteiger partial charge in [0.1, 0.15) is 6.07 Å². The van der Waals surface area contributed by atoms with Gasteiger partial charge in [0.05, 0.1) is 12.8 Å². The molecule has 3 amide bonds. The fourth-order valence-corrected chi connectivity index (χ4v) is 3.20. The molecule has 0 aliphatic carbocycles. The Morgan fingerprint density at radius 3 is 2.74 bits per heavy atom. The quantitative estimate of drug-likeness (QED) is 0.825. The van der Waals surface area contributed by atoms with Gasteiger partial charge in [-0.25, -0.2) is 4.79 Å². The summed E-state index contributed by atoms with van der Waals surface area (Å²) in [5.41, 5.74) is 0.208. The predicted molar refractivity (Wildman–Crippen MR) is 92.7 cm³/mol. The molecule has 4 heterocycles. The van der Waals surface area contributed by atoms with Gasteiger partial charge in [-0.15, -0.1) is 0 Å². The molecule has 10 nitrogen and oxygen atoms in total. The van der Waals surface area contributed by atoms with Crippen LogP contribution in [0.25, 0.3) is 11.7 Å². The van der Waals surface area contributed by atoms with E-state index in [4.69, 9.17) is 8.83 Å². The van der Waals surface area contributed by atoms with Crippen molar-refractivity contribution in [3.63, 3.8) is 0 Å². The number of piperazine rings is 1. The Morgan fingerprint density at radius 1 is 1.30 bits per heavy atom. The molecule has 27 heavy (non-hydrogen) atoms. The molecule has 10 heteroatoms. The number of rotatable bonds is 4. The molecular formula is C17H18N6O4. The second-order valence-electron chi connectivity index (χ2n) is 6.30. The number of urea groups is 1. The van der Waals surface area contributed by atoms with Crippen LogP contribution in [0.4, 0.5) is 10.7 Å². The van der Waals surface area contributed by atoms with Crippen LogP contribution < -0.4 is 10.2 Å². The lowest BCUT2D eigenvalue weighted by atomic mass is 10.3. The molecule has 140 valence electrons. The first-order chi connectivity index (χ1) is 13.2. The van der Waals surface area contributed by atoms with Crippen LogP contribution in [0.5, 0.6) is 0 Å². The summed E-state index contributed by atoms with van der Waals surface area (Å²) in [5.74, 6) is 0.944. The van der Waals surface area contributed by atoms with Gasteiger partial charge in [-0.05, 0) is 12.1 Å². The van der Waals surface area contributed by atoms with Crippen molar-refractivity contribution >= 4 is 17.8 Å². The number of hydrogen-bond acceptors (Lipinski definition) is 8. The summed E-state index contributed by atoms with van der Waals surface area (Å²) >= 11 is 0. The number of nitriles is 1. The molecule has 0 radical (unpaired) electrons. The minimum Gasteiger partial charge on any atom is -0.459 e. The summed E-state index contributed by atoms with van der Waals surface area (Å²) in [5, 5.41) is 12.0. The summed E-state index contributed by atoms with van der Waals surface area (Å²) in [6.45, 7) is 3.50. The molecule has 4 rings (SSSR count). The smallest absolute Gasteiger partial charge is 0.324 e. The maximum absolute atomic E-state index is 12.2. The van der Waals surface area contributed by atoms with Gasteiger partial charge in [0.2, 0.25) is 17.5 Å². The van der Waals surface area contributed by atoms with Crippen LogP contribution in [0.15, 0.2) is 27.2 Å². The minimum atomic E-state index is -0.329. The number of carbonyl (C=O) groups is 2. The van der Waals surface area contributed by atoms with Crippen molar-refractivity contribution in [1.29, 1.82) is 5.26 Å². The van der Waals surface area contributed by atoms with Crippen LogP contribution in [-0.4, -0.2) is 72.5 Å².